The average Bonchev–Trinajstić information content (AvgIpc) is 2.65. The molecule has 0 saturated heterocycles. The largest absolute Gasteiger partial charge is 0.0776 e. The molecular weight excluding hydrogens is 312 g/mol. The Hall–Kier alpha value is -2.60. The molecule has 0 bridgehead atoms. The monoisotopic (exact) mass is 340 g/mol. The van der Waals surface area contributed by atoms with Crippen molar-refractivity contribution in [1.29, 1.82) is 0 Å². The van der Waals surface area contributed by atoms with Gasteiger partial charge in [-0.1, -0.05) is 95.4 Å². The minimum Gasteiger partial charge on any atom is -0.0776 e. The zero-order valence-electron chi connectivity index (χ0n) is 14.1. The fourth-order valence-electron chi connectivity index (χ4n) is 4.32. The van der Waals surface area contributed by atoms with Crippen molar-refractivity contribution >= 4 is 43.1 Å². The van der Waals surface area contributed by atoms with E-state index in [2.05, 4.69) is 80.6 Å². The van der Waals surface area contributed by atoms with Gasteiger partial charge < -0.3 is 0 Å². The van der Waals surface area contributed by atoms with Crippen LogP contribution >= 0.6 is 0 Å². The summed E-state index contributed by atoms with van der Waals surface area (Å²) in [4.78, 5) is 0. The fraction of sp³-hybridized carbons (Fsp3) is 0.231. The van der Waals surface area contributed by atoms with Crippen molar-refractivity contribution in [2.45, 2.75) is 41.0 Å². The van der Waals surface area contributed by atoms with E-state index in [1.54, 1.807) is 0 Å². The van der Waals surface area contributed by atoms with Crippen molar-refractivity contribution < 1.29 is 0 Å². The summed E-state index contributed by atoms with van der Waals surface area (Å²) in [5.74, 6) is 0.585. The lowest BCUT2D eigenvalue weighted by Crippen LogP contribution is -1.95. The highest BCUT2D eigenvalue weighted by molar-refractivity contribution is 6.33. The van der Waals surface area contributed by atoms with Crippen LogP contribution in [-0.2, 0) is 0 Å². The molecule has 1 atom stereocenters. The average molecular weight is 341 g/mol. The number of rotatable bonds is 2. The molecule has 0 fully saturated rings. The SMILES string of the molecule is C.C.CCC(C)c1ccc2c3cccc4cccc(c5cccc1c52)c43. The minimum atomic E-state index is 0. The van der Waals surface area contributed by atoms with Crippen molar-refractivity contribution in [1.82, 2.24) is 0 Å². The van der Waals surface area contributed by atoms with Gasteiger partial charge in [0, 0.05) is 0 Å². The molecule has 0 nitrogen and oxygen atoms in total. The number of fused-ring (bicyclic) bond motifs is 2. The molecule has 0 aliphatic heterocycles. The van der Waals surface area contributed by atoms with Gasteiger partial charge in [-0.15, -0.1) is 0 Å². The molecule has 5 rings (SSSR count). The summed E-state index contributed by atoms with van der Waals surface area (Å²) in [5, 5.41) is 11.1. The maximum absolute atomic E-state index is 2.35. The Kier molecular flexibility index (Phi) is 4.63. The predicted molar refractivity (Wildman–Crippen MR) is 120 cm³/mol. The van der Waals surface area contributed by atoms with Gasteiger partial charge in [-0.25, -0.2) is 0 Å². The van der Waals surface area contributed by atoms with Crippen molar-refractivity contribution in [2.24, 2.45) is 0 Å². The Morgan fingerprint density at radius 3 is 1.73 bits per heavy atom. The van der Waals surface area contributed by atoms with Gasteiger partial charge in [0.2, 0.25) is 0 Å². The standard InChI is InChI=1S/C24H20.2CH4/c1-3-15(2)17-13-14-22-20-10-5-8-16-7-4-9-19(23(16)20)21-12-6-11-18(17)24(21)22;;/h4-15H,3H2,1-2H3;2*1H4. The van der Waals surface area contributed by atoms with E-state index in [-0.39, 0.29) is 14.9 Å². The summed E-state index contributed by atoms with van der Waals surface area (Å²) in [6.07, 6.45) is 1.17. The van der Waals surface area contributed by atoms with Crippen molar-refractivity contribution in [3.05, 3.63) is 72.3 Å². The Labute approximate surface area is 156 Å². The lowest BCUT2D eigenvalue weighted by atomic mass is 9.85. The highest BCUT2D eigenvalue weighted by atomic mass is 14.2. The van der Waals surface area contributed by atoms with Crippen LogP contribution in [0.25, 0.3) is 43.1 Å². The lowest BCUT2D eigenvalue weighted by Gasteiger charge is -2.18. The molecule has 0 heterocycles. The minimum absolute atomic E-state index is 0. The molecule has 5 aromatic carbocycles. The van der Waals surface area contributed by atoms with E-state index in [9.17, 15) is 0 Å². The molecule has 1 unspecified atom stereocenters. The van der Waals surface area contributed by atoms with Gasteiger partial charge in [0.05, 0.1) is 0 Å². The summed E-state index contributed by atoms with van der Waals surface area (Å²) in [5.41, 5.74) is 1.48. The van der Waals surface area contributed by atoms with Crippen LogP contribution in [0.3, 0.4) is 0 Å². The van der Waals surface area contributed by atoms with E-state index in [1.165, 1.54) is 55.1 Å². The summed E-state index contributed by atoms with van der Waals surface area (Å²) < 4.78 is 0. The van der Waals surface area contributed by atoms with Crippen LogP contribution in [0, 0.1) is 0 Å². The smallest absolute Gasteiger partial charge is 0.00235 e. The molecular formula is C26H28. The maximum atomic E-state index is 2.35. The second-order valence-electron chi connectivity index (χ2n) is 6.95. The molecule has 0 saturated carbocycles. The van der Waals surface area contributed by atoms with Crippen LogP contribution in [-0.4, -0.2) is 0 Å². The maximum Gasteiger partial charge on any atom is -0.00235 e. The summed E-state index contributed by atoms with van der Waals surface area (Å²) in [6.45, 7) is 4.61. The molecule has 132 valence electrons. The van der Waals surface area contributed by atoms with Gasteiger partial charge in [-0.05, 0) is 61.0 Å². The van der Waals surface area contributed by atoms with E-state index in [1.807, 2.05) is 0 Å². The third-order valence-corrected chi connectivity index (χ3v) is 5.70. The normalized spacial score (nSPS) is 12.4. The fourth-order valence-corrected chi connectivity index (χ4v) is 4.32. The second-order valence-corrected chi connectivity index (χ2v) is 6.95. The number of benzene rings is 5. The van der Waals surface area contributed by atoms with Gasteiger partial charge in [0.25, 0.3) is 0 Å². The van der Waals surface area contributed by atoms with Crippen LogP contribution < -0.4 is 0 Å². The first-order valence-electron chi connectivity index (χ1n) is 8.87. The van der Waals surface area contributed by atoms with Gasteiger partial charge in [0.1, 0.15) is 0 Å². The zero-order valence-corrected chi connectivity index (χ0v) is 14.1. The summed E-state index contributed by atoms with van der Waals surface area (Å²) in [6, 6.07) is 24.9. The van der Waals surface area contributed by atoms with Crippen LogP contribution in [0.2, 0.25) is 0 Å². The quantitative estimate of drug-likeness (QED) is 0.223. The van der Waals surface area contributed by atoms with Gasteiger partial charge in [-0.3, -0.25) is 0 Å². The van der Waals surface area contributed by atoms with Crippen molar-refractivity contribution in [2.75, 3.05) is 0 Å². The molecule has 0 heteroatoms. The molecule has 0 radical (unpaired) electrons. The molecule has 0 N–H and O–H groups in total. The highest BCUT2D eigenvalue weighted by Crippen LogP contribution is 2.42. The lowest BCUT2D eigenvalue weighted by molar-refractivity contribution is 0.740. The molecule has 0 spiro atoms. The Morgan fingerprint density at radius 2 is 1.12 bits per heavy atom. The zero-order chi connectivity index (χ0) is 16.3. The van der Waals surface area contributed by atoms with Gasteiger partial charge >= 0.3 is 0 Å². The van der Waals surface area contributed by atoms with E-state index in [4.69, 9.17) is 0 Å². The molecule has 0 aromatic heterocycles. The van der Waals surface area contributed by atoms with Crippen LogP contribution in [0.5, 0.6) is 0 Å². The third-order valence-electron chi connectivity index (χ3n) is 5.70. The second kappa shape index (κ2) is 6.61. The topological polar surface area (TPSA) is 0 Å². The number of hydrogen-bond donors (Lipinski definition) is 0. The molecule has 26 heavy (non-hydrogen) atoms. The van der Waals surface area contributed by atoms with Crippen LogP contribution in [0.1, 0.15) is 46.6 Å². The number of hydrogen-bond acceptors (Lipinski definition) is 0. The van der Waals surface area contributed by atoms with Crippen LogP contribution in [0.15, 0.2) is 66.7 Å². The highest BCUT2D eigenvalue weighted by Gasteiger charge is 2.15. The molecule has 5 aromatic rings. The molecule has 0 aliphatic carbocycles. The van der Waals surface area contributed by atoms with Gasteiger partial charge in [0.15, 0.2) is 0 Å². The van der Waals surface area contributed by atoms with E-state index < -0.39 is 0 Å². The molecule has 0 amide bonds. The van der Waals surface area contributed by atoms with E-state index >= 15 is 0 Å². The Balaban J connectivity index is 0.000000980. The van der Waals surface area contributed by atoms with Crippen LogP contribution in [0.4, 0.5) is 0 Å². The Bertz CT molecular complexity index is 1150. The first-order valence-corrected chi connectivity index (χ1v) is 8.87. The van der Waals surface area contributed by atoms with Gasteiger partial charge in [-0.2, -0.15) is 0 Å². The molecule has 0 aliphatic rings. The van der Waals surface area contributed by atoms with Crippen molar-refractivity contribution in [3.63, 3.8) is 0 Å². The summed E-state index contributed by atoms with van der Waals surface area (Å²) in [7, 11) is 0. The van der Waals surface area contributed by atoms with E-state index in [0.717, 1.165) is 0 Å². The van der Waals surface area contributed by atoms with E-state index in [0.29, 0.717) is 5.92 Å². The van der Waals surface area contributed by atoms with Crippen molar-refractivity contribution in [3.8, 4) is 0 Å². The first-order chi connectivity index (χ1) is 11.8. The summed E-state index contributed by atoms with van der Waals surface area (Å²) >= 11 is 0. The Morgan fingerprint density at radius 1 is 0.615 bits per heavy atom. The first kappa shape index (κ1) is 18.2. The predicted octanol–water partition coefficient (Wildman–Crippen LogP) is 8.52. The third kappa shape index (κ3) is 2.29.